The van der Waals surface area contributed by atoms with Crippen LogP contribution in [0.25, 0.3) is 115 Å². The monoisotopic (exact) mass is 904 g/mol. The van der Waals surface area contributed by atoms with Gasteiger partial charge in [-0.15, -0.1) is 0 Å². The Morgan fingerprint density at radius 2 is 0.930 bits per heavy atom. The van der Waals surface area contributed by atoms with Crippen LogP contribution in [0.2, 0.25) is 0 Å². The lowest BCUT2D eigenvalue weighted by Gasteiger charge is -2.27. The zero-order valence-electron chi connectivity index (χ0n) is 38.7. The van der Waals surface area contributed by atoms with Crippen LogP contribution in [0.5, 0.6) is 0 Å². The Morgan fingerprint density at radius 3 is 1.80 bits per heavy atom. The van der Waals surface area contributed by atoms with Gasteiger partial charge < -0.3 is 13.9 Å². The summed E-state index contributed by atoms with van der Waals surface area (Å²) in [6.07, 6.45) is 0. The Kier molecular flexibility index (Phi) is 9.53. The number of fused-ring (bicyclic) bond motifs is 8. The minimum Gasteiger partial charge on any atom is -0.455 e. The number of nitrogens with zero attached hydrogens (tertiary/aromatic N) is 2. The highest BCUT2D eigenvalue weighted by Crippen LogP contribution is 2.48. The Hall–Kier alpha value is -9.44. The van der Waals surface area contributed by atoms with Crippen LogP contribution in [0, 0.1) is 0 Å². The average Bonchev–Trinajstić information content (AvgIpc) is 4.00. The molecular weight excluding hydrogens is 861 g/mol. The topological polar surface area (TPSA) is 21.3 Å². The largest absolute Gasteiger partial charge is 0.455 e. The van der Waals surface area contributed by atoms with E-state index in [0.717, 1.165) is 61.3 Å². The summed E-state index contributed by atoms with van der Waals surface area (Å²) < 4.78 is 9.31. The molecular formula is C68H44N2O. The van der Waals surface area contributed by atoms with E-state index in [-0.39, 0.29) is 0 Å². The average molecular weight is 905 g/mol. The Labute approximate surface area is 411 Å². The molecule has 14 aromatic rings. The van der Waals surface area contributed by atoms with Gasteiger partial charge in [0.05, 0.1) is 27.8 Å². The molecule has 0 aliphatic heterocycles. The fourth-order valence-electron chi connectivity index (χ4n) is 11.1. The van der Waals surface area contributed by atoms with E-state index in [1.54, 1.807) is 0 Å². The maximum Gasteiger partial charge on any atom is 0.145 e. The predicted octanol–water partition coefficient (Wildman–Crippen LogP) is 19.1. The molecule has 0 fully saturated rings. The molecule has 0 unspecified atom stereocenters. The summed E-state index contributed by atoms with van der Waals surface area (Å²) in [4.78, 5) is 2.41. The van der Waals surface area contributed by atoms with E-state index in [0.29, 0.717) is 0 Å². The van der Waals surface area contributed by atoms with Crippen LogP contribution in [0.1, 0.15) is 0 Å². The molecule has 14 rings (SSSR count). The van der Waals surface area contributed by atoms with Crippen LogP contribution in [-0.4, -0.2) is 4.57 Å². The zero-order valence-corrected chi connectivity index (χ0v) is 38.7. The summed E-state index contributed by atoms with van der Waals surface area (Å²) in [5, 5.41) is 9.52. The van der Waals surface area contributed by atoms with Crippen molar-refractivity contribution in [2.75, 3.05) is 4.90 Å². The molecule has 71 heavy (non-hydrogen) atoms. The van der Waals surface area contributed by atoms with Gasteiger partial charge in [-0.05, 0) is 128 Å². The Balaban J connectivity index is 0.952. The minimum absolute atomic E-state index is 0.858. The number of rotatable bonds is 8. The van der Waals surface area contributed by atoms with Gasteiger partial charge in [0.15, 0.2) is 0 Å². The van der Waals surface area contributed by atoms with Crippen LogP contribution >= 0.6 is 0 Å². The van der Waals surface area contributed by atoms with Gasteiger partial charge in [0.1, 0.15) is 11.2 Å². The van der Waals surface area contributed by atoms with Gasteiger partial charge in [0.25, 0.3) is 0 Å². The minimum atomic E-state index is 0.858. The summed E-state index contributed by atoms with van der Waals surface area (Å²) in [6, 6.07) is 96.7. The molecule has 0 aliphatic rings. The number of benzene rings is 12. The molecule has 332 valence electrons. The van der Waals surface area contributed by atoms with Crippen LogP contribution in [-0.2, 0) is 0 Å². The van der Waals surface area contributed by atoms with Crippen molar-refractivity contribution in [3.05, 3.63) is 267 Å². The fraction of sp³-hybridized carbons (Fsp3) is 0. The highest BCUT2D eigenvalue weighted by atomic mass is 16.3. The zero-order chi connectivity index (χ0) is 46.8. The molecule has 0 radical (unpaired) electrons. The molecule has 0 aliphatic carbocycles. The highest BCUT2D eigenvalue weighted by molar-refractivity contribution is 6.18. The van der Waals surface area contributed by atoms with Crippen LogP contribution < -0.4 is 4.90 Å². The van der Waals surface area contributed by atoms with Crippen molar-refractivity contribution in [3.63, 3.8) is 0 Å². The highest BCUT2D eigenvalue weighted by Gasteiger charge is 2.24. The van der Waals surface area contributed by atoms with E-state index in [1.807, 2.05) is 0 Å². The third kappa shape index (κ3) is 6.82. The molecule has 0 atom stereocenters. The molecule has 12 aromatic carbocycles. The van der Waals surface area contributed by atoms with E-state index in [2.05, 4.69) is 276 Å². The van der Waals surface area contributed by atoms with Gasteiger partial charge in [-0.25, -0.2) is 0 Å². The smallest absolute Gasteiger partial charge is 0.145 e. The number of anilines is 3. The quantitative estimate of drug-likeness (QED) is 0.151. The molecule has 3 heteroatoms. The summed E-state index contributed by atoms with van der Waals surface area (Å²) in [5.74, 6) is 0. The lowest BCUT2D eigenvalue weighted by molar-refractivity contribution is 0.670. The summed E-state index contributed by atoms with van der Waals surface area (Å²) in [6.45, 7) is 0. The van der Waals surface area contributed by atoms with E-state index >= 15 is 0 Å². The molecule has 3 nitrogen and oxygen atoms in total. The second kappa shape index (κ2) is 16.7. The third-order valence-electron chi connectivity index (χ3n) is 14.4. The first-order chi connectivity index (χ1) is 35.2. The third-order valence-corrected chi connectivity index (χ3v) is 14.4. The van der Waals surface area contributed by atoms with Crippen LogP contribution in [0.15, 0.2) is 271 Å². The molecule has 0 amide bonds. The lowest BCUT2D eigenvalue weighted by atomic mass is 9.96. The van der Waals surface area contributed by atoms with E-state index < -0.39 is 0 Å². The van der Waals surface area contributed by atoms with Gasteiger partial charge in [0, 0.05) is 38.5 Å². The molecule has 0 spiro atoms. The first-order valence-corrected chi connectivity index (χ1v) is 24.3. The number of para-hydroxylation sites is 2. The fourth-order valence-corrected chi connectivity index (χ4v) is 11.1. The standard InChI is InChI=1S/C68H44N2O/c1-2-17-48(18-3-1)58-40-41-64(67-60-28-9-11-33-65(60)71-68(58)67)69(54-38-36-46(37-39-54)50-22-12-23-51(42-50)52-35-34-45-16-4-5-20-49(45)43-52)55-25-13-24-53(44-55)57-29-15-32-63-66(57)59-27-8-10-30-62(59)70(63)61-31-14-21-47-19-6-7-26-56(47)61/h1-44H. The van der Waals surface area contributed by atoms with Crippen molar-refractivity contribution in [2.45, 2.75) is 0 Å². The normalized spacial score (nSPS) is 11.7. The molecule has 0 saturated carbocycles. The van der Waals surface area contributed by atoms with Crippen molar-refractivity contribution < 1.29 is 4.42 Å². The number of hydrogen-bond acceptors (Lipinski definition) is 2. The predicted molar refractivity (Wildman–Crippen MR) is 299 cm³/mol. The summed E-state index contributed by atoms with van der Waals surface area (Å²) in [7, 11) is 0. The summed E-state index contributed by atoms with van der Waals surface area (Å²) >= 11 is 0. The van der Waals surface area contributed by atoms with E-state index in [9.17, 15) is 0 Å². The number of aromatic nitrogens is 1. The molecule has 2 heterocycles. The van der Waals surface area contributed by atoms with Gasteiger partial charge >= 0.3 is 0 Å². The first-order valence-electron chi connectivity index (χ1n) is 24.3. The molecule has 0 bridgehead atoms. The van der Waals surface area contributed by atoms with Gasteiger partial charge in [-0.1, -0.05) is 194 Å². The van der Waals surface area contributed by atoms with Crippen molar-refractivity contribution in [3.8, 4) is 50.2 Å². The summed E-state index contributed by atoms with van der Waals surface area (Å²) in [5.41, 5.74) is 17.6. The van der Waals surface area contributed by atoms with Crippen molar-refractivity contribution >= 4 is 82.4 Å². The Bertz CT molecular complexity index is 4340. The second-order valence-corrected chi connectivity index (χ2v) is 18.4. The Morgan fingerprint density at radius 1 is 0.310 bits per heavy atom. The van der Waals surface area contributed by atoms with E-state index in [1.165, 1.54) is 71.3 Å². The molecule has 0 N–H and O–H groups in total. The molecule has 0 saturated heterocycles. The van der Waals surface area contributed by atoms with Gasteiger partial charge in [-0.2, -0.15) is 0 Å². The van der Waals surface area contributed by atoms with Crippen molar-refractivity contribution in [2.24, 2.45) is 0 Å². The number of furan rings is 1. The first kappa shape index (κ1) is 40.6. The maximum atomic E-state index is 6.87. The van der Waals surface area contributed by atoms with Gasteiger partial charge in [-0.3, -0.25) is 0 Å². The second-order valence-electron chi connectivity index (χ2n) is 18.4. The number of hydrogen-bond donors (Lipinski definition) is 0. The van der Waals surface area contributed by atoms with Crippen molar-refractivity contribution in [1.82, 2.24) is 4.57 Å². The van der Waals surface area contributed by atoms with Gasteiger partial charge in [0.2, 0.25) is 0 Å². The molecule has 2 aromatic heterocycles. The maximum absolute atomic E-state index is 6.87. The van der Waals surface area contributed by atoms with Crippen LogP contribution in [0.4, 0.5) is 17.1 Å². The van der Waals surface area contributed by atoms with E-state index in [4.69, 9.17) is 4.42 Å². The van der Waals surface area contributed by atoms with Crippen molar-refractivity contribution in [1.29, 1.82) is 0 Å². The lowest BCUT2D eigenvalue weighted by Crippen LogP contribution is -2.10. The van der Waals surface area contributed by atoms with Crippen LogP contribution in [0.3, 0.4) is 0 Å². The SMILES string of the molecule is c1ccc(-c2ccc(N(c3ccc(-c4cccc(-c5ccc6ccccc6c5)c4)cc3)c3cccc(-c4cccc5c4c4ccccc4n5-c4cccc5ccccc45)c3)c3c2oc2ccccc23)cc1.